The summed E-state index contributed by atoms with van der Waals surface area (Å²) in [5.41, 5.74) is 2.10. The number of hydrogen-bond donors (Lipinski definition) is 0. The molecule has 0 N–H and O–H groups in total. The van der Waals surface area contributed by atoms with E-state index in [9.17, 15) is 14.4 Å². The summed E-state index contributed by atoms with van der Waals surface area (Å²) in [4.78, 5) is 40.4. The zero-order valence-corrected chi connectivity index (χ0v) is 17.6. The highest BCUT2D eigenvalue weighted by Crippen LogP contribution is 2.28. The van der Waals surface area contributed by atoms with Crippen LogP contribution in [-0.2, 0) is 4.79 Å². The maximum atomic E-state index is 13.2. The Bertz CT molecular complexity index is 1150. The van der Waals surface area contributed by atoms with Crippen molar-refractivity contribution in [2.45, 2.75) is 26.9 Å². The zero-order valence-electron chi connectivity index (χ0n) is 17.6. The number of ether oxygens (including phenoxy) is 1. The lowest BCUT2D eigenvalue weighted by Crippen LogP contribution is -2.47. The molecule has 0 spiro atoms. The molecule has 0 aliphatic carbocycles. The molecule has 0 saturated carbocycles. The van der Waals surface area contributed by atoms with Crippen LogP contribution in [-0.4, -0.2) is 44.9 Å². The summed E-state index contributed by atoms with van der Waals surface area (Å²) in [5.74, 6) is -1.24. The number of carbonyl (C=O) groups is 3. The van der Waals surface area contributed by atoms with E-state index in [-0.39, 0.29) is 23.8 Å². The summed E-state index contributed by atoms with van der Waals surface area (Å²) in [6, 6.07) is 16.2. The fourth-order valence-electron chi connectivity index (χ4n) is 3.64. The molecule has 7 nitrogen and oxygen atoms in total. The molecular formula is C24H23N3O4. The van der Waals surface area contributed by atoms with Gasteiger partial charge < -0.3 is 4.74 Å². The smallest absolute Gasteiger partial charge is 0.271 e. The number of ketones is 1. The third-order valence-electron chi connectivity index (χ3n) is 5.34. The van der Waals surface area contributed by atoms with Gasteiger partial charge in [0.25, 0.3) is 11.8 Å². The van der Waals surface area contributed by atoms with Crippen molar-refractivity contribution in [3.8, 4) is 11.4 Å². The van der Waals surface area contributed by atoms with Crippen molar-refractivity contribution in [1.29, 1.82) is 0 Å². The molecule has 1 aliphatic rings. The second-order valence-electron chi connectivity index (χ2n) is 7.82. The van der Waals surface area contributed by atoms with Crippen molar-refractivity contribution in [2.75, 3.05) is 6.54 Å². The lowest BCUT2D eigenvalue weighted by molar-refractivity contribution is -0.136. The largest absolute Gasteiger partial charge is 0.479 e. The molecule has 0 radical (unpaired) electrons. The molecule has 0 saturated heterocycles. The van der Waals surface area contributed by atoms with Gasteiger partial charge in [-0.1, -0.05) is 44.2 Å². The molecule has 1 aromatic heterocycles. The monoisotopic (exact) mass is 417 g/mol. The molecule has 7 heteroatoms. The summed E-state index contributed by atoms with van der Waals surface area (Å²) in [6.45, 7) is 5.10. The number of imide groups is 1. The van der Waals surface area contributed by atoms with E-state index in [1.54, 1.807) is 35.9 Å². The van der Waals surface area contributed by atoms with Crippen molar-refractivity contribution in [3.05, 3.63) is 77.6 Å². The van der Waals surface area contributed by atoms with Gasteiger partial charge >= 0.3 is 0 Å². The number of rotatable bonds is 5. The quantitative estimate of drug-likeness (QED) is 0.469. The van der Waals surface area contributed by atoms with E-state index in [0.29, 0.717) is 17.0 Å². The molecule has 1 aliphatic heterocycles. The van der Waals surface area contributed by atoms with Crippen LogP contribution in [0.4, 0.5) is 0 Å². The third kappa shape index (κ3) is 3.74. The van der Waals surface area contributed by atoms with Crippen LogP contribution in [0.5, 0.6) is 5.75 Å². The molecule has 4 rings (SSSR count). The highest BCUT2D eigenvalue weighted by molar-refractivity contribution is 6.12. The van der Waals surface area contributed by atoms with Gasteiger partial charge in [0.15, 0.2) is 11.9 Å². The normalized spacial score (nSPS) is 16.1. The maximum absolute atomic E-state index is 13.2. The number of aromatic nitrogens is 2. The van der Waals surface area contributed by atoms with Gasteiger partial charge in [0.05, 0.1) is 35.2 Å². The molecular weight excluding hydrogens is 394 g/mol. The van der Waals surface area contributed by atoms with Crippen LogP contribution in [0.25, 0.3) is 5.69 Å². The third-order valence-corrected chi connectivity index (χ3v) is 5.34. The Morgan fingerprint density at radius 1 is 1.06 bits per heavy atom. The zero-order chi connectivity index (χ0) is 22.1. The van der Waals surface area contributed by atoms with Gasteiger partial charge in [-0.05, 0) is 37.1 Å². The number of fused-ring (bicyclic) bond motifs is 1. The molecule has 2 aromatic carbocycles. The van der Waals surface area contributed by atoms with Crippen molar-refractivity contribution in [2.24, 2.45) is 5.92 Å². The van der Waals surface area contributed by atoms with E-state index in [1.165, 1.54) is 6.20 Å². The first-order valence-electron chi connectivity index (χ1n) is 10.1. The number of para-hydroxylation sites is 2. The van der Waals surface area contributed by atoms with Gasteiger partial charge in [0.2, 0.25) is 0 Å². The summed E-state index contributed by atoms with van der Waals surface area (Å²) < 4.78 is 7.53. The molecule has 0 unspecified atom stereocenters. The first-order valence-corrected chi connectivity index (χ1v) is 10.1. The lowest BCUT2D eigenvalue weighted by Gasteiger charge is -2.24. The second kappa shape index (κ2) is 8.18. The van der Waals surface area contributed by atoms with Gasteiger partial charge in [-0.2, -0.15) is 5.10 Å². The molecule has 2 amide bonds. The number of benzene rings is 2. The number of amides is 2. The summed E-state index contributed by atoms with van der Waals surface area (Å²) in [5, 5.41) is 4.32. The fourth-order valence-corrected chi connectivity index (χ4v) is 3.64. The summed E-state index contributed by atoms with van der Waals surface area (Å²) >= 11 is 0. The summed E-state index contributed by atoms with van der Waals surface area (Å²) in [6.07, 6.45) is 0.621. The molecule has 0 bridgehead atoms. The highest BCUT2D eigenvalue weighted by Gasteiger charge is 2.39. The van der Waals surface area contributed by atoms with Crippen LogP contribution < -0.4 is 4.74 Å². The van der Waals surface area contributed by atoms with Crippen molar-refractivity contribution >= 4 is 17.6 Å². The van der Waals surface area contributed by atoms with E-state index in [2.05, 4.69) is 5.10 Å². The Kier molecular flexibility index (Phi) is 5.42. The van der Waals surface area contributed by atoms with Crippen molar-refractivity contribution in [1.82, 2.24) is 14.7 Å². The van der Waals surface area contributed by atoms with Gasteiger partial charge in [-0.15, -0.1) is 0 Å². The summed E-state index contributed by atoms with van der Waals surface area (Å²) in [7, 11) is 0. The molecule has 158 valence electrons. The number of Topliss-reactive ketones (excluding diaryl/α,β-unsaturated/α-hetero) is 1. The molecule has 2 heterocycles. The number of nitrogens with zero attached hydrogens (tertiary/aromatic N) is 3. The Hall–Kier alpha value is -3.74. The Morgan fingerprint density at radius 3 is 2.45 bits per heavy atom. The van der Waals surface area contributed by atoms with Crippen LogP contribution in [0, 0.1) is 12.8 Å². The van der Waals surface area contributed by atoms with Crippen molar-refractivity contribution < 1.29 is 19.1 Å². The molecule has 0 fully saturated rings. The van der Waals surface area contributed by atoms with Gasteiger partial charge in [-0.3, -0.25) is 19.3 Å². The van der Waals surface area contributed by atoms with Crippen LogP contribution in [0.2, 0.25) is 0 Å². The number of carbonyl (C=O) groups excluding carboxylic acids is 3. The van der Waals surface area contributed by atoms with Gasteiger partial charge in [-0.25, -0.2) is 4.68 Å². The van der Waals surface area contributed by atoms with E-state index in [0.717, 1.165) is 10.6 Å². The van der Waals surface area contributed by atoms with Crippen LogP contribution >= 0.6 is 0 Å². The van der Waals surface area contributed by atoms with E-state index in [1.807, 2.05) is 44.2 Å². The first kappa shape index (κ1) is 20.5. The molecule has 31 heavy (non-hydrogen) atoms. The highest BCUT2D eigenvalue weighted by atomic mass is 16.5. The van der Waals surface area contributed by atoms with E-state index in [4.69, 9.17) is 4.74 Å². The first-order chi connectivity index (χ1) is 14.9. The predicted molar refractivity (Wildman–Crippen MR) is 114 cm³/mol. The Balaban J connectivity index is 1.66. The van der Waals surface area contributed by atoms with Crippen LogP contribution in [0.3, 0.4) is 0 Å². The minimum absolute atomic E-state index is 0.174. The minimum Gasteiger partial charge on any atom is -0.479 e. The fraction of sp³-hybridized carbons (Fsp3) is 0.250. The average molecular weight is 417 g/mol. The standard InChI is InChI=1S/C24H23N3O4/c1-15(2)22-24(30)26(23(29)18-11-7-8-12-21(18)31-22)14-20(28)19-13-25-27(16(19)3)17-9-5-4-6-10-17/h4-13,15,22H,14H2,1-3H3/t22-/m1/s1. The van der Waals surface area contributed by atoms with Gasteiger partial charge in [0, 0.05) is 0 Å². The number of hydrogen-bond acceptors (Lipinski definition) is 5. The molecule has 1 atom stereocenters. The SMILES string of the molecule is Cc1c(C(=O)CN2C(=O)c3ccccc3O[C@H](C(C)C)C2=O)cnn1-c1ccccc1. The Labute approximate surface area is 180 Å². The second-order valence-corrected chi connectivity index (χ2v) is 7.82. The maximum Gasteiger partial charge on any atom is 0.271 e. The predicted octanol–water partition coefficient (Wildman–Crippen LogP) is 3.45. The van der Waals surface area contributed by atoms with Crippen LogP contribution in [0.1, 0.15) is 40.3 Å². The van der Waals surface area contributed by atoms with Crippen molar-refractivity contribution in [3.63, 3.8) is 0 Å². The topological polar surface area (TPSA) is 81.5 Å². The minimum atomic E-state index is -0.853. The Morgan fingerprint density at radius 2 is 1.74 bits per heavy atom. The van der Waals surface area contributed by atoms with Crippen LogP contribution in [0.15, 0.2) is 60.8 Å². The lowest BCUT2D eigenvalue weighted by atomic mass is 10.1. The molecule has 3 aromatic rings. The van der Waals surface area contributed by atoms with Gasteiger partial charge in [0.1, 0.15) is 5.75 Å². The average Bonchev–Trinajstić information content (AvgIpc) is 3.12. The van der Waals surface area contributed by atoms with E-state index >= 15 is 0 Å². The van der Waals surface area contributed by atoms with E-state index < -0.39 is 17.9 Å².